The van der Waals surface area contributed by atoms with Crippen molar-refractivity contribution in [1.29, 1.82) is 0 Å². The Labute approximate surface area is 132 Å². The molecule has 0 amide bonds. The predicted octanol–water partition coefficient (Wildman–Crippen LogP) is 3.12. The molecule has 0 radical (unpaired) electrons. The monoisotopic (exact) mass is 330 g/mol. The molecule has 1 saturated heterocycles. The fourth-order valence-electron chi connectivity index (χ4n) is 2.74. The number of thiophene rings is 1. The standard InChI is InChI=1S/C15H26N2O2S2/c1-5-13-7-6-8-17(13)21(18,19)15-9-12(4)14(20-15)10-16-11(2)3/h9,11,13,16H,5-8,10H2,1-4H3. The van der Waals surface area contributed by atoms with E-state index in [9.17, 15) is 8.42 Å². The van der Waals surface area contributed by atoms with Crippen molar-refractivity contribution in [3.8, 4) is 0 Å². The summed E-state index contributed by atoms with van der Waals surface area (Å²) in [7, 11) is -3.32. The van der Waals surface area contributed by atoms with Gasteiger partial charge in [-0.05, 0) is 37.8 Å². The van der Waals surface area contributed by atoms with Crippen LogP contribution in [0.15, 0.2) is 10.3 Å². The molecule has 21 heavy (non-hydrogen) atoms. The minimum Gasteiger partial charge on any atom is -0.310 e. The number of hydrogen-bond acceptors (Lipinski definition) is 4. The van der Waals surface area contributed by atoms with Gasteiger partial charge in [-0.25, -0.2) is 8.42 Å². The van der Waals surface area contributed by atoms with Crippen LogP contribution in [0, 0.1) is 6.92 Å². The minimum absolute atomic E-state index is 0.176. The number of sulfonamides is 1. The number of rotatable bonds is 6. The van der Waals surface area contributed by atoms with Crippen LogP contribution in [-0.4, -0.2) is 31.4 Å². The van der Waals surface area contributed by atoms with Crippen LogP contribution >= 0.6 is 11.3 Å². The molecular formula is C15H26N2O2S2. The van der Waals surface area contributed by atoms with Gasteiger partial charge >= 0.3 is 0 Å². The molecule has 1 unspecified atom stereocenters. The number of aryl methyl sites for hydroxylation is 1. The molecule has 0 aromatic carbocycles. The van der Waals surface area contributed by atoms with Gasteiger partial charge in [0.25, 0.3) is 10.0 Å². The first kappa shape index (κ1) is 16.9. The average molecular weight is 331 g/mol. The smallest absolute Gasteiger partial charge is 0.252 e. The van der Waals surface area contributed by atoms with Gasteiger partial charge in [0, 0.05) is 30.1 Å². The number of hydrogen-bond donors (Lipinski definition) is 1. The molecule has 2 rings (SSSR count). The Kier molecular flexibility index (Phi) is 5.46. The Balaban J connectivity index is 2.22. The van der Waals surface area contributed by atoms with E-state index in [1.165, 1.54) is 11.3 Å². The first-order valence-corrected chi connectivity index (χ1v) is 9.96. The quantitative estimate of drug-likeness (QED) is 0.872. The molecule has 1 N–H and O–H groups in total. The van der Waals surface area contributed by atoms with Gasteiger partial charge in [0.1, 0.15) is 4.21 Å². The van der Waals surface area contributed by atoms with E-state index in [0.29, 0.717) is 16.8 Å². The first-order chi connectivity index (χ1) is 9.86. The maximum absolute atomic E-state index is 12.8. The van der Waals surface area contributed by atoms with E-state index in [1.807, 2.05) is 13.0 Å². The van der Waals surface area contributed by atoms with E-state index in [2.05, 4.69) is 26.1 Å². The lowest BCUT2D eigenvalue weighted by Crippen LogP contribution is -2.34. The normalized spacial score (nSPS) is 20.5. The second-order valence-corrected chi connectivity index (χ2v) is 9.28. The maximum Gasteiger partial charge on any atom is 0.252 e. The Morgan fingerprint density at radius 3 is 2.81 bits per heavy atom. The first-order valence-electron chi connectivity index (χ1n) is 7.70. The van der Waals surface area contributed by atoms with E-state index in [1.54, 1.807) is 4.31 Å². The van der Waals surface area contributed by atoms with Crippen molar-refractivity contribution < 1.29 is 8.42 Å². The van der Waals surface area contributed by atoms with Crippen LogP contribution in [0.2, 0.25) is 0 Å². The highest BCUT2D eigenvalue weighted by Crippen LogP contribution is 2.33. The minimum atomic E-state index is -3.32. The Morgan fingerprint density at radius 1 is 1.48 bits per heavy atom. The third-order valence-electron chi connectivity index (χ3n) is 4.03. The van der Waals surface area contributed by atoms with Crippen LogP contribution in [0.1, 0.15) is 50.5 Å². The summed E-state index contributed by atoms with van der Waals surface area (Å²) >= 11 is 1.42. The molecular weight excluding hydrogens is 304 g/mol. The summed E-state index contributed by atoms with van der Waals surface area (Å²) in [5.41, 5.74) is 1.07. The van der Waals surface area contributed by atoms with Crippen molar-refractivity contribution >= 4 is 21.4 Å². The van der Waals surface area contributed by atoms with Gasteiger partial charge in [0.05, 0.1) is 0 Å². The van der Waals surface area contributed by atoms with Crippen molar-refractivity contribution in [2.75, 3.05) is 6.54 Å². The summed E-state index contributed by atoms with van der Waals surface area (Å²) in [5.74, 6) is 0. The van der Waals surface area contributed by atoms with Crippen LogP contribution < -0.4 is 5.32 Å². The van der Waals surface area contributed by atoms with Gasteiger partial charge in [-0.1, -0.05) is 20.8 Å². The number of nitrogens with zero attached hydrogens (tertiary/aromatic N) is 1. The highest BCUT2D eigenvalue weighted by atomic mass is 32.2. The zero-order valence-corrected chi connectivity index (χ0v) is 15.0. The largest absolute Gasteiger partial charge is 0.310 e. The van der Waals surface area contributed by atoms with Gasteiger partial charge in [0.15, 0.2) is 0 Å². The lowest BCUT2D eigenvalue weighted by Gasteiger charge is -2.22. The Bertz CT molecular complexity index is 578. The van der Waals surface area contributed by atoms with E-state index >= 15 is 0 Å². The lowest BCUT2D eigenvalue weighted by atomic mass is 10.2. The molecule has 0 spiro atoms. The van der Waals surface area contributed by atoms with Crippen molar-refractivity contribution in [2.24, 2.45) is 0 Å². The van der Waals surface area contributed by atoms with Crippen LogP contribution in [0.25, 0.3) is 0 Å². The second kappa shape index (κ2) is 6.77. The Morgan fingerprint density at radius 2 is 2.19 bits per heavy atom. The predicted molar refractivity (Wildman–Crippen MR) is 88.2 cm³/mol. The average Bonchev–Trinajstić information content (AvgIpc) is 3.03. The van der Waals surface area contributed by atoms with Crippen molar-refractivity contribution in [3.05, 3.63) is 16.5 Å². The summed E-state index contributed by atoms with van der Waals surface area (Å²) in [6.07, 6.45) is 2.86. The lowest BCUT2D eigenvalue weighted by molar-refractivity contribution is 0.380. The van der Waals surface area contributed by atoms with Gasteiger partial charge in [-0.2, -0.15) is 4.31 Å². The van der Waals surface area contributed by atoms with Gasteiger partial charge in [-0.15, -0.1) is 11.3 Å². The fourth-order valence-corrected chi connectivity index (χ4v) is 6.17. The Hall–Kier alpha value is -0.430. The molecule has 1 aliphatic heterocycles. The van der Waals surface area contributed by atoms with Crippen LogP contribution in [0.3, 0.4) is 0 Å². The van der Waals surface area contributed by atoms with Gasteiger partial charge in [-0.3, -0.25) is 0 Å². The summed E-state index contributed by atoms with van der Waals surface area (Å²) in [4.78, 5) is 1.12. The summed E-state index contributed by atoms with van der Waals surface area (Å²) in [6.45, 7) is 9.65. The zero-order chi connectivity index (χ0) is 15.6. The van der Waals surface area contributed by atoms with E-state index in [4.69, 9.17) is 0 Å². The number of nitrogens with one attached hydrogen (secondary N) is 1. The summed E-state index contributed by atoms with van der Waals surface area (Å²) < 4.78 is 27.9. The highest BCUT2D eigenvalue weighted by molar-refractivity contribution is 7.91. The van der Waals surface area contributed by atoms with Gasteiger partial charge < -0.3 is 5.32 Å². The molecule has 1 aromatic heterocycles. The van der Waals surface area contributed by atoms with Crippen LogP contribution in [0.4, 0.5) is 0 Å². The fraction of sp³-hybridized carbons (Fsp3) is 0.733. The third kappa shape index (κ3) is 3.67. The van der Waals surface area contributed by atoms with E-state index < -0.39 is 10.0 Å². The molecule has 1 aliphatic rings. The molecule has 2 heterocycles. The molecule has 0 saturated carbocycles. The molecule has 1 fully saturated rings. The maximum atomic E-state index is 12.8. The third-order valence-corrected chi connectivity index (χ3v) is 7.66. The topological polar surface area (TPSA) is 49.4 Å². The summed E-state index contributed by atoms with van der Waals surface area (Å²) in [6, 6.07) is 2.41. The molecule has 1 atom stereocenters. The van der Waals surface area contributed by atoms with Crippen LogP contribution in [-0.2, 0) is 16.6 Å². The van der Waals surface area contributed by atoms with Gasteiger partial charge in [0.2, 0.25) is 0 Å². The molecule has 0 aliphatic carbocycles. The molecule has 6 heteroatoms. The van der Waals surface area contributed by atoms with E-state index in [-0.39, 0.29) is 6.04 Å². The molecule has 4 nitrogen and oxygen atoms in total. The van der Waals surface area contributed by atoms with Crippen LogP contribution in [0.5, 0.6) is 0 Å². The van der Waals surface area contributed by atoms with Crippen molar-refractivity contribution in [3.63, 3.8) is 0 Å². The molecule has 1 aromatic rings. The van der Waals surface area contributed by atoms with E-state index in [0.717, 1.165) is 36.2 Å². The summed E-state index contributed by atoms with van der Waals surface area (Å²) in [5, 5.41) is 3.36. The van der Waals surface area contributed by atoms with Crippen molar-refractivity contribution in [1.82, 2.24) is 9.62 Å². The SMILES string of the molecule is CCC1CCCN1S(=O)(=O)c1cc(C)c(CNC(C)C)s1. The highest BCUT2D eigenvalue weighted by Gasteiger charge is 2.35. The zero-order valence-electron chi connectivity index (χ0n) is 13.3. The molecule has 120 valence electrons. The van der Waals surface area contributed by atoms with Crippen molar-refractivity contribution in [2.45, 2.75) is 69.8 Å². The second-order valence-electron chi connectivity index (χ2n) is 6.03. The molecule has 0 bridgehead atoms.